The molecule has 0 amide bonds. The zero-order valence-corrected chi connectivity index (χ0v) is 34.1. The monoisotopic (exact) mass is 709 g/mol. The van der Waals surface area contributed by atoms with Crippen molar-refractivity contribution in [2.24, 2.45) is 62.1 Å². The van der Waals surface area contributed by atoms with Crippen molar-refractivity contribution in [3.8, 4) is 0 Å². The summed E-state index contributed by atoms with van der Waals surface area (Å²) in [5.41, 5.74) is 1.51. The molecule has 0 radical (unpaired) electrons. The number of carboxylic acids is 1. The number of likely N-dealkylation sites (tertiary alicyclic amines) is 1. The van der Waals surface area contributed by atoms with Crippen LogP contribution in [0.4, 0.5) is 0 Å². The third-order valence-corrected chi connectivity index (χ3v) is 17.7. The van der Waals surface area contributed by atoms with E-state index in [0.717, 1.165) is 37.8 Å². The minimum absolute atomic E-state index is 0.0828. The fourth-order valence-electron chi connectivity index (χ4n) is 14.7. The molecular weight excluding hydrogens is 633 g/mol. The summed E-state index contributed by atoms with van der Waals surface area (Å²) in [6.45, 7) is 29.2. The van der Waals surface area contributed by atoms with Crippen LogP contribution in [0.25, 0.3) is 0 Å². The van der Waals surface area contributed by atoms with Crippen LogP contribution in [0.2, 0.25) is 0 Å². The molecule has 10 atom stereocenters. The molecule has 0 spiro atoms. The zero-order valence-electron chi connectivity index (χ0n) is 34.1. The Morgan fingerprint density at radius 1 is 0.863 bits per heavy atom. The molecule has 6 fully saturated rings. The second-order valence-corrected chi connectivity index (χ2v) is 21.0. The highest BCUT2D eigenvalue weighted by molar-refractivity contribution is 5.81. The predicted octanol–water partition coefficient (Wildman–Crippen LogP) is 9.91. The van der Waals surface area contributed by atoms with E-state index in [-0.39, 0.29) is 29.3 Å². The van der Waals surface area contributed by atoms with E-state index in [4.69, 9.17) is 4.74 Å². The molecule has 0 unspecified atom stereocenters. The van der Waals surface area contributed by atoms with Crippen molar-refractivity contribution >= 4 is 11.9 Å². The number of hydrogen-bond donors (Lipinski definition) is 2. The van der Waals surface area contributed by atoms with Gasteiger partial charge in [-0.2, -0.15) is 0 Å². The van der Waals surface area contributed by atoms with Gasteiger partial charge in [0, 0.05) is 5.41 Å². The van der Waals surface area contributed by atoms with Gasteiger partial charge < -0.3 is 20.1 Å². The number of nitrogens with one attached hydrogen (secondary N) is 1. The molecule has 290 valence electrons. The number of hydrogen-bond acceptors (Lipinski definition) is 5. The van der Waals surface area contributed by atoms with E-state index in [1.807, 2.05) is 0 Å². The molecule has 6 rings (SSSR count). The molecule has 1 saturated heterocycles. The molecule has 0 bridgehead atoms. The van der Waals surface area contributed by atoms with Gasteiger partial charge in [-0.25, -0.2) is 0 Å². The number of carbonyl (C=O) groups is 2. The molecule has 1 aliphatic heterocycles. The van der Waals surface area contributed by atoms with Gasteiger partial charge in [-0.05, 0) is 201 Å². The minimum Gasteiger partial charge on any atom is -0.481 e. The van der Waals surface area contributed by atoms with Crippen molar-refractivity contribution < 1.29 is 19.4 Å². The first-order valence-electron chi connectivity index (χ1n) is 21.4. The highest BCUT2D eigenvalue weighted by atomic mass is 16.5. The van der Waals surface area contributed by atoms with Crippen LogP contribution >= 0.6 is 0 Å². The fraction of sp³-hybridized carbons (Fsp3) is 0.911. The van der Waals surface area contributed by atoms with Crippen LogP contribution in [0.5, 0.6) is 0 Å². The lowest BCUT2D eigenvalue weighted by Crippen LogP contribution is -2.66. The molecule has 2 N–H and O–H groups in total. The molecule has 5 saturated carbocycles. The summed E-state index contributed by atoms with van der Waals surface area (Å²) >= 11 is 0. The van der Waals surface area contributed by atoms with Crippen LogP contribution in [-0.2, 0) is 14.3 Å². The van der Waals surface area contributed by atoms with Crippen molar-refractivity contribution in [3.05, 3.63) is 12.2 Å². The third kappa shape index (κ3) is 6.80. The van der Waals surface area contributed by atoms with Gasteiger partial charge in [-0.15, -0.1) is 0 Å². The number of allylic oxidation sites excluding steroid dienone is 1. The van der Waals surface area contributed by atoms with Crippen LogP contribution in [0.3, 0.4) is 0 Å². The second-order valence-electron chi connectivity index (χ2n) is 21.0. The largest absolute Gasteiger partial charge is 0.481 e. The molecule has 1 heterocycles. The number of carbonyl (C=O) groups excluding carboxylic acids is 1. The van der Waals surface area contributed by atoms with Crippen molar-refractivity contribution in [1.29, 1.82) is 0 Å². The molecule has 0 aromatic heterocycles. The molecule has 0 aromatic carbocycles. The Kier molecular flexibility index (Phi) is 11.1. The van der Waals surface area contributed by atoms with E-state index in [1.54, 1.807) is 13.8 Å². The number of carboxylic acid groups (broad SMARTS) is 1. The van der Waals surface area contributed by atoms with Crippen molar-refractivity contribution in [1.82, 2.24) is 10.2 Å². The first-order chi connectivity index (χ1) is 23.9. The van der Waals surface area contributed by atoms with Gasteiger partial charge in [0.2, 0.25) is 0 Å². The quantitative estimate of drug-likeness (QED) is 0.113. The van der Waals surface area contributed by atoms with Crippen molar-refractivity contribution in [2.75, 3.05) is 32.7 Å². The number of rotatable bonds is 13. The zero-order chi connectivity index (χ0) is 37.0. The Labute approximate surface area is 312 Å². The molecule has 51 heavy (non-hydrogen) atoms. The highest BCUT2D eigenvalue weighted by Crippen LogP contribution is 2.78. The summed E-state index contributed by atoms with van der Waals surface area (Å²) < 4.78 is 6.21. The fourth-order valence-corrected chi connectivity index (χ4v) is 14.7. The molecular formula is C45H76N2O4. The van der Waals surface area contributed by atoms with Crippen LogP contribution in [0, 0.1) is 62.1 Å². The van der Waals surface area contributed by atoms with Gasteiger partial charge in [-0.1, -0.05) is 46.8 Å². The Balaban J connectivity index is 1.14. The number of fused-ring (bicyclic) bond motifs is 7. The van der Waals surface area contributed by atoms with Gasteiger partial charge in [0.05, 0.1) is 11.8 Å². The maximum absolute atomic E-state index is 13.1. The molecule has 5 aliphatic carbocycles. The maximum atomic E-state index is 13.1. The van der Waals surface area contributed by atoms with Crippen LogP contribution in [0.1, 0.15) is 158 Å². The van der Waals surface area contributed by atoms with E-state index >= 15 is 0 Å². The van der Waals surface area contributed by atoms with Gasteiger partial charge >= 0.3 is 11.9 Å². The Hall–Kier alpha value is -1.40. The number of esters is 1. The average Bonchev–Trinajstić information content (AvgIpc) is 3.71. The number of ether oxygens (including phenoxy) is 1. The predicted molar refractivity (Wildman–Crippen MR) is 207 cm³/mol. The van der Waals surface area contributed by atoms with E-state index in [9.17, 15) is 14.7 Å². The Morgan fingerprint density at radius 3 is 2.25 bits per heavy atom. The maximum Gasteiger partial charge on any atom is 0.309 e. The first kappa shape index (κ1) is 39.3. The molecule has 6 nitrogen and oxygen atoms in total. The summed E-state index contributed by atoms with van der Waals surface area (Å²) in [6.07, 6.45) is 19.1. The van der Waals surface area contributed by atoms with E-state index in [0.29, 0.717) is 34.0 Å². The number of nitrogens with zero attached hydrogens (tertiary/aromatic N) is 1. The lowest BCUT2D eigenvalue weighted by Gasteiger charge is -2.73. The Morgan fingerprint density at radius 2 is 1.57 bits per heavy atom. The average molecular weight is 709 g/mol. The summed E-state index contributed by atoms with van der Waals surface area (Å²) in [5, 5.41) is 13.5. The number of aliphatic carboxylic acids is 1. The summed E-state index contributed by atoms with van der Waals surface area (Å²) in [7, 11) is 0. The van der Waals surface area contributed by atoms with Crippen LogP contribution < -0.4 is 5.32 Å². The van der Waals surface area contributed by atoms with E-state index < -0.39 is 11.4 Å². The molecule has 6 aliphatic rings. The van der Waals surface area contributed by atoms with Gasteiger partial charge in [0.15, 0.2) is 0 Å². The van der Waals surface area contributed by atoms with Gasteiger partial charge in [0.1, 0.15) is 6.10 Å². The second kappa shape index (κ2) is 14.3. The van der Waals surface area contributed by atoms with Crippen molar-refractivity contribution in [2.45, 2.75) is 164 Å². The van der Waals surface area contributed by atoms with E-state index in [2.05, 4.69) is 58.3 Å². The SMILES string of the molecule is C=C(C)[C@@H]1CC[C@]2(CCCNCCCN3CCCC3)CC[C@]3(C)[C@H](CC[C@@H]4[C@@]5(C)CC[C@H](OC(=O)CC(C)(C)C(=O)O)C(C)(C)[C@@H]5CC[C@]43C)[C@@H]12. The topological polar surface area (TPSA) is 78.9 Å². The summed E-state index contributed by atoms with van der Waals surface area (Å²) in [6, 6.07) is 0. The van der Waals surface area contributed by atoms with Crippen LogP contribution in [-0.4, -0.2) is 60.8 Å². The summed E-state index contributed by atoms with van der Waals surface area (Å²) in [5.74, 6) is 2.07. The lowest BCUT2D eigenvalue weighted by atomic mass is 9.32. The minimum atomic E-state index is -1.12. The molecule has 0 aromatic rings. The Bertz CT molecular complexity index is 1300. The normalized spacial score (nSPS) is 42.0. The third-order valence-electron chi connectivity index (χ3n) is 17.7. The smallest absolute Gasteiger partial charge is 0.309 e. The molecule has 6 heteroatoms. The van der Waals surface area contributed by atoms with E-state index in [1.165, 1.54) is 109 Å². The highest BCUT2D eigenvalue weighted by Gasteiger charge is 2.71. The van der Waals surface area contributed by atoms with Crippen molar-refractivity contribution in [3.63, 3.8) is 0 Å². The van der Waals surface area contributed by atoms with Crippen LogP contribution in [0.15, 0.2) is 12.2 Å². The lowest BCUT2D eigenvalue weighted by molar-refractivity contribution is -0.250. The first-order valence-corrected chi connectivity index (χ1v) is 21.4. The standard InChI is InChI=1S/C45H76N2O4/c1-31(2)32-16-22-45(19-12-25-46-26-13-29-47-27-10-11-28-47)24-23-43(8)33(38(32)45)14-15-35-42(7)20-18-36(51-37(48)30-40(3,4)39(49)50)41(5,6)34(42)17-21-44(35,43)9/h32-36,38,46H,1,10-30H2,2-9H3,(H,49,50)/t32-,33+,34-,35+,36-,38+,42-,43+,44+,45+/m0/s1. The van der Waals surface area contributed by atoms with Gasteiger partial charge in [0.25, 0.3) is 0 Å². The van der Waals surface area contributed by atoms with Gasteiger partial charge in [-0.3, -0.25) is 9.59 Å². The summed E-state index contributed by atoms with van der Waals surface area (Å²) in [4.78, 5) is 27.5.